The van der Waals surface area contributed by atoms with E-state index in [1.807, 2.05) is 54.5 Å². The quantitative estimate of drug-likeness (QED) is 0.139. The van der Waals surface area contributed by atoms with Crippen molar-refractivity contribution in [2.24, 2.45) is 0 Å². The third-order valence-electron chi connectivity index (χ3n) is 10.0. The molecule has 5 rings (SSSR count). The molecular weight excluding hydrogens is 891 g/mol. The molecule has 0 atom stereocenters. The number of aryl methyl sites for hydroxylation is 2. The monoisotopic (exact) mass is 972 g/mol. The Morgan fingerprint density at radius 2 is 1.20 bits per heavy atom. The Labute approximate surface area is 407 Å². The molecule has 0 radical (unpaired) electrons. The van der Waals surface area contributed by atoms with Crippen molar-refractivity contribution in [3.63, 3.8) is 0 Å². The number of hydrogen-bond donors (Lipinski definition) is 0. The van der Waals surface area contributed by atoms with E-state index in [1.165, 1.54) is 11.0 Å². The molecule has 0 bridgehead atoms. The molecular formula is C46H68BBrN4O12. The number of amides is 2. The number of ether oxygens (including phenoxy) is 4. The summed E-state index contributed by atoms with van der Waals surface area (Å²) < 4.78 is 138. The van der Waals surface area contributed by atoms with Gasteiger partial charge in [0, 0.05) is 65.3 Å². The smallest absolute Gasteiger partial charge is 0.484 e. The molecule has 0 saturated carbocycles. The van der Waals surface area contributed by atoms with E-state index in [-0.39, 0.29) is 31.0 Å². The first-order valence-electron chi connectivity index (χ1n) is 27.2. The number of carbonyl (C=O) groups excluding carboxylic acids is 2. The van der Waals surface area contributed by atoms with Crippen molar-refractivity contribution in [2.45, 2.75) is 158 Å². The van der Waals surface area contributed by atoms with Crippen molar-refractivity contribution in [1.82, 2.24) is 9.80 Å². The van der Waals surface area contributed by atoms with Crippen LogP contribution in [0, 0.1) is 34.1 Å². The Balaban J connectivity index is 0.000000320. The highest BCUT2D eigenvalue weighted by Gasteiger charge is 2.52. The zero-order chi connectivity index (χ0) is 60.5. The highest BCUT2D eigenvalue weighted by molar-refractivity contribution is 9.10. The van der Waals surface area contributed by atoms with Gasteiger partial charge in [0.05, 0.1) is 36.0 Å². The van der Waals surface area contributed by atoms with Gasteiger partial charge in [-0.25, -0.2) is 9.59 Å². The van der Waals surface area contributed by atoms with Crippen LogP contribution < -0.4 is 9.47 Å². The highest BCUT2D eigenvalue weighted by Crippen LogP contribution is 2.40. The second kappa shape index (κ2) is 21.5. The molecule has 0 N–H and O–H groups in total. The molecule has 2 aromatic carbocycles. The Bertz CT molecular complexity index is 2590. The summed E-state index contributed by atoms with van der Waals surface area (Å²) in [5.74, 6) is -1.24. The molecule has 18 heteroatoms. The Morgan fingerprint density at radius 3 is 1.59 bits per heavy atom. The van der Waals surface area contributed by atoms with Crippen LogP contribution in [0.5, 0.6) is 11.5 Å². The maximum atomic E-state index is 12.3. The van der Waals surface area contributed by atoms with Crippen molar-refractivity contribution < 1.29 is 66.9 Å². The molecule has 0 unspecified atom stereocenters. The maximum Gasteiger partial charge on any atom is 0.490 e. The van der Waals surface area contributed by atoms with Gasteiger partial charge in [-0.05, 0) is 157 Å². The van der Waals surface area contributed by atoms with E-state index in [4.69, 9.17) is 47.4 Å². The molecule has 1 fully saturated rings. The lowest BCUT2D eigenvalue weighted by atomic mass is 9.75. The fourth-order valence-corrected chi connectivity index (χ4v) is 6.45. The molecule has 2 aromatic rings. The summed E-state index contributed by atoms with van der Waals surface area (Å²) in [7, 11) is -0.314. The molecule has 0 aliphatic carbocycles. The number of hydrogen-bond acceptors (Lipinski definition) is 12. The van der Waals surface area contributed by atoms with E-state index in [2.05, 4.69) is 15.9 Å². The Hall–Kier alpha value is -4.68. The van der Waals surface area contributed by atoms with Crippen LogP contribution in [-0.4, -0.2) is 99.7 Å². The average molecular weight is 974 g/mol. The molecule has 354 valence electrons. The summed E-state index contributed by atoms with van der Waals surface area (Å²) >= 11 is 3.09. The van der Waals surface area contributed by atoms with Crippen LogP contribution in [0.4, 0.5) is 21.0 Å². The molecule has 2 amide bonds. The number of halogens is 1. The summed E-state index contributed by atoms with van der Waals surface area (Å²) in [6.07, 6.45) is -2.65. The molecule has 0 spiro atoms. The maximum absolute atomic E-state index is 12.3. The van der Waals surface area contributed by atoms with Gasteiger partial charge in [0.1, 0.15) is 11.2 Å². The summed E-state index contributed by atoms with van der Waals surface area (Å²) in [5, 5.41) is 22.6. The highest BCUT2D eigenvalue weighted by atomic mass is 79.9. The largest absolute Gasteiger partial charge is 0.490 e. The van der Waals surface area contributed by atoms with E-state index in [9.17, 15) is 29.8 Å². The number of nitro benzene ring substituents is 2. The molecule has 3 aliphatic rings. The van der Waals surface area contributed by atoms with E-state index in [1.54, 1.807) is 45.6 Å². The zero-order valence-electron chi connectivity index (χ0n) is 52.3. The first-order chi connectivity index (χ1) is 34.9. The van der Waals surface area contributed by atoms with Crippen LogP contribution in [0.3, 0.4) is 0 Å². The second-order valence-electron chi connectivity index (χ2n) is 18.0. The number of rotatable bonds is 8. The van der Waals surface area contributed by atoms with Crippen LogP contribution in [0.25, 0.3) is 5.57 Å². The minimum atomic E-state index is -3.42. The second-order valence-corrected chi connectivity index (χ2v) is 18.9. The number of carbonyl (C=O) groups is 2. The number of benzene rings is 2. The lowest BCUT2D eigenvalue weighted by Gasteiger charge is -2.32. The molecule has 3 heterocycles. The van der Waals surface area contributed by atoms with Crippen molar-refractivity contribution in [2.75, 3.05) is 26.2 Å². The van der Waals surface area contributed by atoms with Crippen molar-refractivity contribution in [3.8, 4) is 11.5 Å². The third kappa shape index (κ3) is 15.5. The minimum Gasteiger partial charge on any atom is -0.484 e. The molecule has 16 nitrogen and oxygen atoms in total. The standard InChI is InChI=1S/C20H28N2O5.C16H28BNO4.C10H12BrNO3/c1-13(2)26-18-12-16(14(3)11-17(18)22(24)25)15-7-9-21(10-8-15)19(23)27-20(4,5)6;1-14(2,3)20-13(19)18-10-8-12(9-11-18)17-21-15(4,5)16(6,7)22-17;1-6(2)15-10-5-8(11)7(3)4-9(10)12(13)14/h7,11-13H,8-10H2,1-6H3;8H,9-11H2,1-7H3;4-6H,1-3H3/i1D3,2D3,13D;;1D3,2D3,6D. The van der Waals surface area contributed by atoms with Crippen LogP contribution in [-0.2, 0) is 18.8 Å². The molecule has 0 aromatic heterocycles. The van der Waals surface area contributed by atoms with Crippen molar-refractivity contribution in [3.05, 3.63) is 83.3 Å². The topological polar surface area (TPSA) is 182 Å². The van der Waals surface area contributed by atoms with Gasteiger partial charge in [0.25, 0.3) is 0 Å². The van der Waals surface area contributed by atoms with Gasteiger partial charge in [-0.3, -0.25) is 20.2 Å². The summed E-state index contributed by atoms with van der Waals surface area (Å²) in [6.45, 7) is 10.4. The Morgan fingerprint density at radius 1 is 0.766 bits per heavy atom. The summed E-state index contributed by atoms with van der Waals surface area (Å²) in [5.41, 5.74) is 0.151. The van der Waals surface area contributed by atoms with Gasteiger partial charge in [0.2, 0.25) is 0 Å². The van der Waals surface area contributed by atoms with Crippen LogP contribution in [0.2, 0.25) is 0 Å². The van der Waals surface area contributed by atoms with Crippen molar-refractivity contribution in [1.29, 1.82) is 0 Å². The van der Waals surface area contributed by atoms with Gasteiger partial charge in [-0.1, -0.05) is 28.1 Å². The van der Waals surface area contributed by atoms with Crippen LogP contribution in [0.1, 0.15) is 145 Å². The van der Waals surface area contributed by atoms with Gasteiger partial charge in [-0.15, -0.1) is 0 Å². The predicted octanol–water partition coefficient (Wildman–Crippen LogP) is 11.4. The minimum absolute atomic E-state index is 0.212. The third-order valence-corrected chi connectivity index (χ3v) is 10.9. The number of nitrogens with zero attached hydrogens (tertiary/aromatic N) is 4. The van der Waals surface area contributed by atoms with Gasteiger partial charge >= 0.3 is 30.7 Å². The van der Waals surface area contributed by atoms with Crippen LogP contribution in [0.15, 0.2) is 46.4 Å². The van der Waals surface area contributed by atoms with Crippen molar-refractivity contribution >= 4 is 52.2 Å². The molecule has 1 saturated heterocycles. The van der Waals surface area contributed by atoms with E-state index in [0.29, 0.717) is 52.8 Å². The van der Waals surface area contributed by atoms with Gasteiger partial charge < -0.3 is 38.1 Å². The van der Waals surface area contributed by atoms with Crippen LogP contribution >= 0.6 is 15.9 Å². The lowest BCUT2D eigenvalue weighted by Crippen LogP contribution is -2.41. The first-order valence-corrected chi connectivity index (χ1v) is 21.0. The normalized spacial score (nSPS) is 21.4. The Kier molecular flexibility index (Phi) is 12.0. The van der Waals surface area contributed by atoms with Gasteiger partial charge in [-0.2, -0.15) is 0 Å². The van der Waals surface area contributed by atoms with Gasteiger partial charge in [0.15, 0.2) is 11.5 Å². The zero-order valence-corrected chi connectivity index (χ0v) is 39.9. The molecule has 64 heavy (non-hydrogen) atoms. The van der Waals surface area contributed by atoms with E-state index in [0.717, 1.165) is 30.1 Å². The fraction of sp³-hybridized carbons (Fsp3) is 0.609. The predicted molar refractivity (Wildman–Crippen MR) is 252 cm³/mol. The first kappa shape index (κ1) is 35.6. The SMILES string of the molecule is CC(C)(C)OC(=O)N1CC=C(B2OC(C)(C)C(C)(C)O2)CC1.[2H]C([2H])([2H])C([2H])(Oc1cc(Br)c(C)cc1[N+](=O)[O-])C([2H])([2H])[2H].[2H]C([2H])([2H])C([2H])(Oc1cc(C2=CCN(C(=O)OC(C)(C)C)CC2)c(C)cc1[N+](=O)[O-])C([2H])([2H])[2H]. The van der Waals surface area contributed by atoms with E-state index >= 15 is 0 Å². The lowest BCUT2D eigenvalue weighted by molar-refractivity contribution is -0.386. The fourth-order valence-electron chi connectivity index (χ4n) is 6.13. The summed E-state index contributed by atoms with van der Waals surface area (Å²) in [4.78, 5) is 48.5. The summed E-state index contributed by atoms with van der Waals surface area (Å²) in [6, 6.07) is 4.50. The average Bonchev–Trinajstić information content (AvgIpc) is 3.48. The number of nitro groups is 2. The molecule has 3 aliphatic heterocycles. The van der Waals surface area contributed by atoms with E-state index < -0.39 is 89.6 Å².